The lowest BCUT2D eigenvalue weighted by Gasteiger charge is -2.14. The van der Waals surface area contributed by atoms with E-state index in [1.165, 1.54) is 43.1 Å². The van der Waals surface area contributed by atoms with Crippen LogP contribution in [0.3, 0.4) is 0 Å². The van der Waals surface area contributed by atoms with Gasteiger partial charge in [0.25, 0.3) is 5.56 Å². The predicted molar refractivity (Wildman–Crippen MR) is 131 cm³/mol. The van der Waals surface area contributed by atoms with E-state index in [-0.39, 0.29) is 22.6 Å². The van der Waals surface area contributed by atoms with Crippen LogP contribution in [-0.2, 0) is 16.0 Å². The fourth-order valence-corrected chi connectivity index (χ4v) is 3.60. The number of hydrogen-bond acceptors (Lipinski definition) is 8. The van der Waals surface area contributed by atoms with E-state index < -0.39 is 17.0 Å². The average Bonchev–Trinajstić information content (AvgIpc) is 2.82. The highest BCUT2D eigenvalue weighted by molar-refractivity contribution is 9.10. The van der Waals surface area contributed by atoms with Crippen LogP contribution in [-0.4, -0.2) is 40.0 Å². The molecule has 0 fully saturated rings. The number of para-hydroxylation sites is 1. The third-order valence-electron chi connectivity index (χ3n) is 4.99. The maximum Gasteiger partial charge on any atom is 0.346 e. The first-order valence-corrected chi connectivity index (χ1v) is 11.3. The largest absolute Gasteiger partial charge is 0.471 e. The summed E-state index contributed by atoms with van der Waals surface area (Å²) in [5.74, 6) is -0.383. The molecular formula is C23H23BrN4O6. The van der Waals surface area contributed by atoms with Crippen molar-refractivity contribution >= 4 is 44.7 Å². The maximum absolute atomic E-state index is 13.2. The van der Waals surface area contributed by atoms with Gasteiger partial charge in [-0.2, -0.15) is 9.78 Å². The molecule has 0 amide bonds. The monoisotopic (exact) mass is 530 g/mol. The third-order valence-corrected chi connectivity index (χ3v) is 5.48. The van der Waals surface area contributed by atoms with Crippen molar-refractivity contribution in [1.82, 2.24) is 9.66 Å². The molecule has 3 rings (SSSR count). The van der Waals surface area contributed by atoms with E-state index in [0.29, 0.717) is 23.1 Å². The molecule has 0 N–H and O–H groups in total. The number of nitrogens with zero attached hydrogens (tertiary/aromatic N) is 4. The highest BCUT2D eigenvalue weighted by Gasteiger charge is 2.24. The fourth-order valence-electron chi connectivity index (χ4n) is 3.24. The fraction of sp³-hybridized carbons (Fsp3) is 0.304. The standard InChI is InChI=1S/C23H23BrN4O6/c1-4-5-9-20-26-18-11-10-16(24)12-17(18)22(29)27(20)25-13-15-7-6-8-19(28(31)32)21(15)34-14(2)23(30)33-3/h6-8,10-14H,4-5,9H2,1-3H3/t14-/m0/s1. The average molecular weight is 531 g/mol. The van der Waals surface area contributed by atoms with E-state index in [1.807, 2.05) is 6.92 Å². The highest BCUT2D eigenvalue weighted by Crippen LogP contribution is 2.31. The van der Waals surface area contributed by atoms with Crippen LogP contribution in [0.1, 0.15) is 38.1 Å². The molecule has 178 valence electrons. The number of unbranched alkanes of at least 4 members (excludes halogenated alkanes) is 1. The zero-order valence-corrected chi connectivity index (χ0v) is 20.4. The summed E-state index contributed by atoms with van der Waals surface area (Å²) in [6.45, 7) is 3.45. The van der Waals surface area contributed by atoms with E-state index in [1.54, 1.807) is 18.2 Å². The van der Waals surface area contributed by atoms with E-state index in [9.17, 15) is 19.7 Å². The molecule has 0 bridgehead atoms. The number of ether oxygens (including phenoxy) is 2. The van der Waals surface area contributed by atoms with Gasteiger partial charge in [0.15, 0.2) is 6.10 Å². The molecule has 0 aliphatic heterocycles. The number of nitro groups is 1. The smallest absolute Gasteiger partial charge is 0.346 e. The molecule has 0 radical (unpaired) electrons. The first-order valence-electron chi connectivity index (χ1n) is 10.5. The minimum atomic E-state index is -1.10. The van der Waals surface area contributed by atoms with Crippen LogP contribution in [0.25, 0.3) is 10.9 Å². The van der Waals surface area contributed by atoms with Gasteiger partial charge in [0, 0.05) is 22.5 Å². The van der Waals surface area contributed by atoms with Crippen molar-refractivity contribution in [2.24, 2.45) is 5.10 Å². The Hall–Kier alpha value is -3.60. The lowest BCUT2D eigenvalue weighted by atomic mass is 10.2. The molecule has 1 atom stereocenters. The highest BCUT2D eigenvalue weighted by atomic mass is 79.9. The first kappa shape index (κ1) is 25.0. The Bertz CT molecular complexity index is 1320. The molecule has 34 heavy (non-hydrogen) atoms. The second-order valence-electron chi connectivity index (χ2n) is 7.39. The van der Waals surface area contributed by atoms with E-state index >= 15 is 0 Å². The van der Waals surface area contributed by atoms with Crippen molar-refractivity contribution in [2.75, 3.05) is 7.11 Å². The molecule has 0 saturated carbocycles. The van der Waals surface area contributed by atoms with Crippen LogP contribution >= 0.6 is 15.9 Å². The van der Waals surface area contributed by atoms with Crippen molar-refractivity contribution in [1.29, 1.82) is 0 Å². The van der Waals surface area contributed by atoms with Gasteiger partial charge in [-0.1, -0.05) is 35.3 Å². The van der Waals surface area contributed by atoms with Gasteiger partial charge in [0.1, 0.15) is 5.82 Å². The SMILES string of the molecule is CCCCc1nc2ccc(Br)cc2c(=O)n1N=Cc1cccc([N+](=O)[O-])c1O[C@@H](C)C(=O)OC. The molecule has 11 heteroatoms. The summed E-state index contributed by atoms with van der Waals surface area (Å²) in [5.41, 5.74) is 0.0490. The Morgan fingerprint density at radius 1 is 1.35 bits per heavy atom. The van der Waals surface area contributed by atoms with Gasteiger partial charge < -0.3 is 9.47 Å². The van der Waals surface area contributed by atoms with Gasteiger partial charge in [-0.15, -0.1) is 0 Å². The van der Waals surface area contributed by atoms with Crippen LogP contribution in [0, 0.1) is 10.1 Å². The lowest BCUT2D eigenvalue weighted by molar-refractivity contribution is -0.386. The maximum atomic E-state index is 13.2. The number of esters is 1. The number of benzene rings is 2. The first-order chi connectivity index (χ1) is 16.3. The quantitative estimate of drug-likeness (QED) is 0.175. The van der Waals surface area contributed by atoms with E-state index in [4.69, 9.17) is 4.74 Å². The van der Waals surface area contributed by atoms with Crippen LogP contribution in [0.15, 0.2) is 50.8 Å². The van der Waals surface area contributed by atoms with Gasteiger partial charge in [-0.25, -0.2) is 9.78 Å². The summed E-state index contributed by atoms with van der Waals surface area (Å²) < 4.78 is 12.1. The van der Waals surface area contributed by atoms with Crippen molar-refractivity contribution in [2.45, 2.75) is 39.2 Å². The van der Waals surface area contributed by atoms with Crippen LogP contribution in [0.5, 0.6) is 5.75 Å². The molecular weight excluding hydrogens is 508 g/mol. The molecule has 1 aromatic heterocycles. The van der Waals surface area contributed by atoms with Gasteiger partial charge >= 0.3 is 11.7 Å². The molecule has 0 aliphatic carbocycles. The zero-order valence-electron chi connectivity index (χ0n) is 18.9. The summed E-state index contributed by atoms with van der Waals surface area (Å²) in [5, 5.41) is 16.3. The number of aromatic nitrogens is 2. The second-order valence-corrected chi connectivity index (χ2v) is 8.31. The summed E-state index contributed by atoms with van der Waals surface area (Å²) in [4.78, 5) is 40.6. The predicted octanol–water partition coefficient (Wildman–Crippen LogP) is 4.23. The van der Waals surface area contributed by atoms with Crippen molar-refractivity contribution < 1.29 is 19.2 Å². The van der Waals surface area contributed by atoms with Crippen molar-refractivity contribution in [3.05, 3.63) is 72.7 Å². The second kappa shape index (κ2) is 11.0. The lowest BCUT2D eigenvalue weighted by Crippen LogP contribution is -2.26. The molecule has 0 unspecified atom stereocenters. The van der Waals surface area contributed by atoms with Crippen LogP contribution in [0.4, 0.5) is 5.69 Å². The van der Waals surface area contributed by atoms with Gasteiger partial charge in [-0.05, 0) is 37.6 Å². The summed E-state index contributed by atoms with van der Waals surface area (Å²) >= 11 is 3.37. The number of aryl methyl sites for hydroxylation is 1. The third kappa shape index (κ3) is 5.48. The van der Waals surface area contributed by atoms with Crippen LogP contribution < -0.4 is 10.3 Å². The summed E-state index contributed by atoms with van der Waals surface area (Å²) in [6.07, 6.45) is 2.40. The number of nitro benzene ring substituents is 1. The zero-order chi connectivity index (χ0) is 24.8. The Morgan fingerprint density at radius 2 is 2.12 bits per heavy atom. The van der Waals surface area contributed by atoms with Crippen molar-refractivity contribution in [3.63, 3.8) is 0 Å². The topological polar surface area (TPSA) is 126 Å². The Kier molecular flexibility index (Phi) is 8.11. The molecule has 10 nitrogen and oxygen atoms in total. The van der Waals surface area contributed by atoms with E-state index in [2.05, 4.69) is 30.8 Å². The Morgan fingerprint density at radius 3 is 2.79 bits per heavy atom. The van der Waals surface area contributed by atoms with Gasteiger partial charge in [0.2, 0.25) is 5.75 Å². The number of fused-ring (bicyclic) bond motifs is 1. The molecule has 2 aromatic carbocycles. The van der Waals surface area contributed by atoms with Gasteiger partial charge in [0.05, 0.1) is 29.2 Å². The number of carbonyl (C=O) groups excluding carboxylic acids is 1. The molecule has 3 aromatic rings. The number of hydrogen-bond donors (Lipinski definition) is 0. The van der Waals surface area contributed by atoms with E-state index in [0.717, 1.165) is 17.3 Å². The number of methoxy groups -OCH3 is 1. The molecule has 0 saturated heterocycles. The minimum Gasteiger partial charge on any atom is -0.471 e. The molecule has 1 heterocycles. The summed E-state index contributed by atoms with van der Waals surface area (Å²) in [7, 11) is 1.19. The van der Waals surface area contributed by atoms with Gasteiger partial charge in [-0.3, -0.25) is 14.9 Å². The number of halogens is 1. The normalized spacial score (nSPS) is 12.1. The van der Waals surface area contributed by atoms with Crippen LogP contribution in [0.2, 0.25) is 0 Å². The Balaban J connectivity index is 2.14. The molecule has 0 aliphatic rings. The minimum absolute atomic E-state index is 0.159. The molecule has 0 spiro atoms. The van der Waals surface area contributed by atoms with Crippen molar-refractivity contribution in [3.8, 4) is 5.75 Å². The number of rotatable bonds is 9. The number of carbonyl (C=O) groups is 1. The Labute approximate surface area is 203 Å². The summed E-state index contributed by atoms with van der Waals surface area (Å²) in [6, 6.07) is 9.49.